The summed E-state index contributed by atoms with van der Waals surface area (Å²) in [5, 5.41) is 11.0. The van der Waals surface area contributed by atoms with E-state index in [4.69, 9.17) is 5.11 Å². The molecule has 17 heavy (non-hydrogen) atoms. The van der Waals surface area contributed by atoms with Gasteiger partial charge in [-0.15, -0.1) is 0 Å². The van der Waals surface area contributed by atoms with Gasteiger partial charge in [0.25, 0.3) is 5.24 Å². The molecule has 1 rings (SSSR count). The summed E-state index contributed by atoms with van der Waals surface area (Å²) in [6.45, 7) is 3.82. The number of hydrogen-bond donors (Lipinski definition) is 2. The summed E-state index contributed by atoms with van der Waals surface area (Å²) in [6.07, 6.45) is -0.0856. The summed E-state index contributed by atoms with van der Waals surface area (Å²) in [4.78, 5) is 35.1. The maximum Gasteiger partial charge on any atom is 0.305 e. The molecule has 0 aromatic carbocycles. The summed E-state index contributed by atoms with van der Waals surface area (Å²) in [7, 11) is 0. The molecule has 0 aromatic rings. The topological polar surface area (TPSA) is 86.7 Å². The number of hydrogen-bond acceptors (Lipinski definition) is 4. The second kappa shape index (κ2) is 5.90. The molecule has 0 aliphatic carbocycles. The summed E-state index contributed by atoms with van der Waals surface area (Å²) in [6, 6.07) is -0.604. The lowest BCUT2D eigenvalue weighted by molar-refractivity contribution is -0.139. The number of carboxylic acids is 1. The highest BCUT2D eigenvalue weighted by molar-refractivity contribution is 8.14. The Bertz CT molecular complexity index is 332. The monoisotopic (exact) mass is 260 g/mol. The molecule has 7 heteroatoms. The van der Waals surface area contributed by atoms with Gasteiger partial charge in [0.2, 0.25) is 5.91 Å². The predicted octanol–water partition coefficient (Wildman–Crippen LogP) is 0.523. The molecule has 0 radical (unpaired) electrons. The number of rotatable bonds is 5. The summed E-state index contributed by atoms with van der Waals surface area (Å²) >= 11 is 1.07. The Morgan fingerprint density at radius 1 is 1.59 bits per heavy atom. The Kier molecular flexibility index (Phi) is 4.80. The van der Waals surface area contributed by atoms with Crippen LogP contribution in [0.5, 0.6) is 0 Å². The van der Waals surface area contributed by atoms with Crippen molar-refractivity contribution in [2.75, 3.05) is 12.3 Å². The maximum absolute atomic E-state index is 12.0. The van der Waals surface area contributed by atoms with Crippen molar-refractivity contribution in [3.8, 4) is 0 Å². The van der Waals surface area contributed by atoms with Crippen LogP contribution in [0.2, 0.25) is 0 Å². The molecular weight excluding hydrogens is 244 g/mol. The van der Waals surface area contributed by atoms with Gasteiger partial charge in [0.05, 0.1) is 6.42 Å². The lowest BCUT2D eigenvalue weighted by Gasteiger charge is -2.28. The first-order valence-corrected chi connectivity index (χ1v) is 6.36. The van der Waals surface area contributed by atoms with Gasteiger partial charge in [0.1, 0.15) is 6.04 Å². The van der Waals surface area contributed by atoms with E-state index in [1.807, 2.05) is 13.8 Å². The van der Waals surface area contributed by atoms with Gasteiger partial charge >= 0.3 is 5.97 Å². The Balaban J connectivity index is 2.60. The number of thioether (sulfide) groups is 1. The average molecular weight is 260 g/mol. The van der Waals surface area contributed by atoms with Crippen molar-refractivity contribution in [1.82, 2.24) is 10.2 Å². The third kappa shape index (κ3) is 3.92. The molecular formula is C10H16N2O4S. The summed E-state index contributed by atoms with van der Waals surface area (Å²) in [5.41, 5.74) is 0. The minimum atomic E-state index is -0.937. The predicted molar refractivity (Wildman–Crippen MR) is 63.9 cm³/mol. The number of carboxylic acid groups (broad SMARTS) is 1. The third-order valence-electron chi connectivity index (χ3n) is 2.44. The molecule has 0 bridgehead atoms. The second-order valence-electron chi connectivity index (χ2n) is 4.06. The fourth-order valence-electron chi connectivity index (χ4n) is 1.56. The number of carbonyl (C=O) groups excluding carboxylic acids is 2. The fourth-order valence-corrected chi connectivity index (χ4v) is 2.33. The molecule has 0 saturated carbocycles. The molecule has 0 spiro atoms. The lowest BCUT2D eigenvalue weighted by atomic mass is 10.2. The summed E-state index contributed by atoms with van der Waals surface area (Å²) < 4.78 is 0. The molecule has 1 saturated heterocycles. The zero-order valence-electron chi connectivity index (χ0n) is 9.80. The standard InChI is InChI=1S/C10H16N2O4S/c1-6(2)12(4-3-8(13)14)9(15)7-5-17-10(16)11-7/h6-7H,3-5H2,1-2H3,(H,11,16)(H,13,14). The van der Waals surface area contributed by atoms with Gasteiger partial charge in [0.15, 0.2) is 0 Å². The van der Waals surface area contributed by atoms with E-state index in [2.05, 4.69) is 5.32 Å². The first kappa shape index (κ1) is 13.8. The van der Waals surface area contributed by atoms with Gasteiger partial charge in [-0.2, -0.15) is 0 Å². The highest BCUT2D eigenvalue weighted by atomic mass is 32.2. The largest absolute Gasteiger partial charge is 0.481 e. The SMILES string of the molecule is CC(C)N(CCC(=O)O)C(=O)C1CSC(=O)N1. The highest BCUT2D eigenvalue weighted by Crippen LogP contribution is 2.16. The normalized spacial score (nSPS) is 19.2. The fraction of sp³-hybridized carbons (Fsp3) is 0.700. The minimum Gasteiger partial charge on any atom is -0.481 e. The van der Waals surface area contributed by atoms with Crippen molar-refractivity contribution in [3.05, 3.63) is 0 Å². The second-order valence-corrected chi connectivity index (χ2v) is 5.06. The highest BCUT2D eigenvalue weighted by Gasteiger charge is 2.32. The quantitative estimate of drug-likeness (QED) is 0.752. The van der Waals surface area contributed by atoms with E-state index < -0.39 is 12.0 Å². The van der Waals surface area contributed by atoms with Crippen molar-refractivity contribution in [2.24, 2.45) is 0 Å². The van der Waals surface area contributed by atoms with E-state index in [0.29, 0.717) is 5.75 Å². The van der Waals surface area contributed by atoms with Crippen LogP contribution in [0, 0.1) is 0 Å². The molecule has 1 aliphatic rings. The zero-order chi connectivity index (χ0) is 13.0. The van der Waals surface area contributed by atoms with Crippen LogP contribution in [0.25, 0.3) is 0 Å². The van der Waals surface area contributed by atoms with Gasteiger partial charge in [0, 0.05) is 18.3 Å². The van der Waals surface area contributed by atoms with Crippen LogP contribution in [0.4, 0.5) is 4.79 Å². The number of nitrogens with zero attached hydrogens (tertiary/aromatic N) is 1. The third-order valence-corrected chi connectivity index (χ3v) is 3.32. The molecule has 0 aromatic heterocycles. The van der Waals surface area contributed by atoms with E-state index >= 15 is 0 Å². The van der Waals surface area contributed by atoms with E-state index in [9.17, 15) is 14.4 Å². The first-order chi connectivity index (χ1) is 7.91. The lowest BCUT2D eigenvalue weighted by Crippen LogP contribution is -2.49. The van der Waals surface area contributed by atoms with E-state index in [0.717, 1.165) is 11.8 Å². The number of nitrogens with one attached hydrogen (secondary N) is 1. The van der Waals surface area contributed by atoms with Crippen LogP contribution >= 0.6 is 11.8 Å². The Morgan fingerprint density at radius 3 is 2.65 bits per heavy atom. The molecule has 1 heterocycles. The number of carbonyl (C=O) groups is 3. The number of aliphatic carboxylic acids is 1. The van der Waals surface area contributed by atoms with Crippen molar-refractivity contribution in [1.29, 1.82) is 0 Å². The van der Waals surface area contributed by atoms with Crippen LogP contribution in [0.3, 0.4) is 0 Å². The first-order valence-electron chi connectivity index (χ1n) is 5.37. The summed E-state index contributed by atoms with van der Waals surface area (Å²) in [5.74, 6) is -0.735. The Hall–Kier alpha value is -1.24. The van der Waals surface area contributed by atoms with Gasteiger partial charge < -0.3 is 15.3 Å². The van der Waals surface area contributed by atoms with Crippen LogP contribution in [0.1, 0.15) is 20.3 Å². The maximum atomic E-state index is 12.0. The van der Waals surface area contributed by atoms with Crippen molar-refractivity contribution >= 4 is 28.9 Å². The van der Waals surface area contributed by atoms with E-state index in [-0.39, 0.29) is 30.2 Å². The minimum absolute atomic E-state index is 0.0793. The molecule has 1 atom stereocenters. The van der Waals surface area contributed by atoms with Crippen LogP contribution in [-0.2, 0) is 9.59 Å². The van der Waals surface area contributed by atoms with Gasteiger partial charge in [-0.3, -0.25) is 14.4 Å². The molecule has 96 valence electrons. The molecule has 1 aliphatic heterocycles. The van der Waals surface area contributed by atoms with Crippen LogP contribution < -0.4 is 5.32 Å². The molecule has 2 amide bonds. The number of amides is 2. The van der Waals surface area contributed by atoms with Gasteiger partial charge in [-0.25, -0.2) is 0 Å². The smallest absolute Gasteiger partial charge is 0.305 e. The molecule has 2 N–H and O–H groups in total. The van der Waals surface area contributed by atoms with Crippen molar-refractivity contribution < 1.29 is 19.5 Å². The molecule has 1 unspecified atom stereocenters. The molecule has 1 fully saturated rings. The van der Waals surface area contributed by atoms with E-state index in [1.54, 1.807) is 0 Å². The van der Waals surface area contributed by atoms with Crippen LogP contribution in [-0.4, -0.2) is 51.5 Å². The van der Waals surface area contributed by atoms with Crippen molar-refractivity contribution in [2.45, 2.75) is 32.4 Å². The van der Waals surface area contributed by atoms with Gasteiger partial charge in [-0.05, 0) is 13.8 Å². The Labute approximate surface area is 104 Å². The average Bonchev–Trinajstić information content (AvgIpc) is 2.63. The molecule has 6 nitrogen and oxygen atoms in total. The van der Waals surface area contributed by atoms with Gasteiger partial charge in [-0.1, -0.05) is 11.8 Å². The van der Waals surface area contributed by atoms with E-state index in [1.165, 1.54) is 4.90 Å². The van der Waals surface area contributed by atoms with Crippen LogP contribution in [0.15, 0.2) is 0 Å². The Morgan fingerprint density at radius 2 is 2.24 bits per heavy atom. The van der Waals surface area contributed by atoms with Crippen molar-refractivity contribution in [3.63, 3.8) is 0 Å². The zero-order valence-corrected chi connectivity index (χ0v) is 10.6.